The third kappa shape index (κ3) is 4.15. The van der Waals surface area contributed by atoms with Gasteiger partial charge in [-0.3, -0.25) is 4.79 Å². The van der Waals surface area contributed by atoms with Crippen LogP contribution in [0.25, 0.3) is 0 Å². The highest BCUT2D eigenvalue weighted by Crippen LogP contribution is 2.24. The van der Waals surface area contributed by atoms with Crippen molar-refractivity contribution in [3.05, 3.63) is 23.8 Å². The Hall–Kier alpha value is -1.42. The van der Waals surface area contributed by atoms with Crippen molar-refractivity contribution in [3.8, 4) is 11.5 Å². The first-order chi connectivity index (χ1) is 8.04. The predicted molar refractivity (Wildman–Crippen MR) is 66.7 cm³/mol. The number of alkyl halides is 1. The van der Waals surface area contributed by atoms with E-state index >= 15 is 0 Å². The van der Waals surface area contributed by atoms with E-state index < -0.39 is 0 Å². The van der Waals surface area contributed by atoms with Gasteiger partial charge in [-0.1, -0.05) is 6.92 Å². The summed E-state index contributed by atoms with van der Waals surface area (Å²) in [6.45, 7) is 2.47. The first kappa shape index (κ1) is 13.6. The molecule has 5 heteroatoms. The van der Waals surface area contributed by atoms with Gasteiger partial charge < -0.3 is 15.5 Å². The van der Waals surface area contributed by atoms with Crippen LogP contribution < -0.4 is 5.32 Å². The van der Waals surface area contributed by atoms with E-state index in [1.807, 2.05) is 6.92 Å². The molecule has 0 aliphatic rings. The Morgan fingerprint density at radius 1 is 1.41 bits per heavy atom. The summed E-state index contributed by atoms with van der Waals surface area (Å²) in [6.07, 6.45) is 1.56. The lowest BCUT2D eigenvalue weighted by Crippen LogP contribution is -2.25. The minimum absolute atomic E-state index is 0.0588. The van der Waals surface area contributed by atoms with Crippen molar-refractivity contribution < 1.29 is 15.0 Å². The number of phenolic OH excluding ortho intramolecular Hbond substituents is 2. The van der Waals surface area contributed by atoms with Crippen LogP contribution in [0, 0.1) is 0 Å². The number of carbonyl (C=O) groups excluding carboxylic acids is 1. The van der Waals surface area contributed by atoms with E-state index in [2.05, 4.69) is 5.32 Å². The molecule has 94 valence electrons. The van der Waals surface area contributed by atoms with E-state index in [-0.39, 0.29) is 22.8 Å². The summed E-state index contributed by atoms with van der Waals surface area (Å²) >= 11 is 5.92. The van der Waals surface area contributed by atoms with E-state index in [1.165, 1.54) is 18.2 Å². The van der Waals surface area contributed by atoms with Crippen molar-refractivity contribution in [1.29, 1.82) is 0 Å². The van der Waals surface area contributed by atoms with Crippen LogP contribution in [-0.2, 0) is 0 Å². The highest BCUT2D eigenvalue weighted by atomic mass is 35.5. The Kier molecular flexibility index (Phi) is 5.10. The van der Waals surface area contributed by atoms with Crippen LogP contribution in [0.1, 0.15) is 30.1 Å². The number of carbonyl (C=O) groups is 1. The maximum atomic E-state index is 11.6. The normalized spacial score (nSPS) is 12.1. The average molecular weight is 258 g/mol. The molecule has 1 atom stereocenters. The Morgan fingerprint density at radius 2 is 2.12 bits per heavy atom. The lowest BCUT2D eigenvalue weighted by atomic mass is 10.2. The number of rotatable bonds is 5. The molecule has 0 saturated heterocycles. The van der Waals surface area contributed by atoms with Gasteiger partial charge in [0.25, 0.3) is 5.91 Å². The Morgan fingerprint density at radius 3 is 2.71 bits per heavy atom. The molecule has 3 N–H and O–H groups in total. The van der Waals surface area contributed by atoms with Gasteiger partial charge in [0.05, 0.1) is 0 Å². The van der Waals surface area contributed by atoms with E-state index in [0.29, 0.717) is 18.5 Å². The maximum Gasteiger partial charge on any atom is 0.251 e. The second-order valence-electron chi connectivity index (χ2n) is 3.75. The van der Waals surface area contributed by atoms with Crippen LogP contribution >= 0.6 is 11.6 Å². The van der Waals surface area contributed by atoms with E-state index in [4.69, 9.17) is 16.7 Å². The molecule has 1 aromatic rings. The van der Waals surface area contributed by atoms with Gasteiger partial charge >= 0.3 is 0 Å². The van der Waals surface area contributed by atoms with Gasteiger partial charge in [0.2, 0.25) is 0 Å². The van der Waals surface area contributed by atoms with Gasteiger partial charge in [-0.25, -0.2) is 0 Å². The van der Waals surface area contributed by atoms with Gasteiger partial charge in [0.1, 0.15) is 0 Å². The molecule has 0 aliphatic heterocycles. The fourth-order valence-corrected chi connectivity index (χ4v) is 1.42. The summed E-state index contributed by atoms with van der Waals surface area (Å²) < 4.78 is 0. The standard InChI is InChI=1S/C12H16ClNO3/c1-2-9(13)5-6-14-12(17)8-3-4-10(15)11(16)7-8/h3-4,7,9,15-16H,2,5-6H2,1H3,(H,14,17). The minimum Gasteiger partial charge on any atom is -0.504 e. The van der Waals surface area contributed by atoms with Crippen LogP contribution in [0.2, 0.25) is 0 Å². The maximum absolute atomic E-state index is 11.6. The molecule has 0 radical (unpaired) electrons. The van der Waals surface area contributed by atoms with Crippen LogP contribution in [0.15, 0.2) is 18.2 Å². The molecular formula is C12H16ClNO3. The predicted octanol–water partition coefficient (Wildman–Crippen LogP) is 2.24. The molecule has 1 aromatic carbocycles. The van der Waals surface area contributed by atoms with Crippen molar-refractivity contribution in [2.45, 2.75) is 25.1 Å². The summed E-state index contributed by atoms with van der Waals surface area (Å²) in [7, 11) is 0. The number of benzene rings is 1. The topological polar surface area (TPSA) is 69.6 Å². The Bertz CT molecular complexity index is 395. The zero-order valence-corrected chi connectivity index (χ0v) is 10.4. The van der Waals surface area contributed by atoms with Crippen molar-refractivity contribution >= 4 is 17.5 Å². The highest BCUT2D eigenvalue weighted by Gasteiger charge is 2.09. The van der Waals surface area contributed by atoms with Crippen LogP contribution in [0.4, 0.5) is 0 Å². The van der Waals surface area contributed by atoms with Crippen LogP contribution in [-0.4, -0.2) is 28.0 Å². The highest BCUT2D eigenvalue weighted by molar-refractivity contribution is 6.20. The molecule has 1 unspecified atom stereocenters. The molecule has 0 aromatic heterocycles. The zero-order valence-electron chi connectivity index (χ0n) is 9.61. The lowest BCUT2D eigenvalue weighted by Gasteiger charge is -2.08. The van der Waals surface area contributed by atoms with Gasteiger partial charge in [0, 0.05) is 17.5 Å². The monoisotopic (exact) mass is 257 g/mol. The van der Waals surface area contributed by atoms with Crippen molar-refractivity contribution in [3.63, 3.8) is 0 Å². The first-order valence-corrected chi connectivity index (χ1v) is 5.92. The minimum atomic E-state index is -0.304. The van der Waals surface area contributed by atoms with Crippen LogP contribution in [0.3, 0.4) is 0 Å². The zero-order chi connectivity index (χ0) is 12.8. The van der Waals surface area contributed by atoms with Crippen molar-refractivity contribution in [1.82, 2.24) is 5.32 Å². The molecule has 0 fully saturated rings. The number of hydrogen-bond acceptors (Lipinski definition) is 3. The van der Waals surface area contributed by atoms with Gasteiger partial charge in [-0.2, -0.15) is 0 Å². The second-order valence-corrected chi connectivity index (χ2v) is 4.37. The number of nitrogens with one attached hydrogen (secondary N) is 1. The number of aromatic hydroxyl groups is 2. The van der Waals surface area contributed by atoms with Crippen molar-refractivity contribution in [2.24, 2.45) is 0 Å². The molecule has 0 bridgehead atoms. The molecular weight excluding hydrogens is 242 g/mol. The second kappa shape index (κ2) is 6.35. The summed E-state index contributed by atoms with van der Waals surface area (Å²) in [5.74, 6) is -0.838. The largest absolute Gasteiger partial charge is 0.504 e. The summed E-state index contributed by atoms with van der Waals surface area (Å²) in [4.78, 5) is 11.6. The van der Waals surface area contributed by atoms with E-state index in [1.54, 1.807) is 0 Å². The number of hydrogen-bond donors (Lipinski definition) is 3. The third-order valence-electron chi connectivity index (χ3n) is 2.42. The summed E-state index contributed by atoms with van der Waals surface area (Å²) in [6, 6.07) is 3.95. The van der Waals surface area contributed by atoms with E-state index in [9.17, 15) is 9.90 Å². The fourth-order valence-electron chi connectivity index (χ4n) is 1.31. The SMILES string of the molecule is CCC(Cl)CCNC(=O)c1ccc(O)c(O)c1. The van der Waals surface area contributed by atoms with E-state index in [0.717, 1.165) is 6.42 Å². The molecule has 17 heavy (non-hydrogen) atoms. The van der Waals surface area contributed by atoms with Crippen LogP contribution in [0.5, 0.6) is 11.5 Å². The number of phenols is 2. The molecule has 1 rings (SSSR count). The molecule has 4 nitrogen and oxygen atoms in total. The molecule has 0 aliphatic carbocycles. The van der Waals surface area contributed by atoms with Gasteiger partial charge in [-0.15, -0.1) is 11.6 Å². The molecule has 0 heterocycles. The quantitative estimate of drug-likeness (QED) is 0.560. The first-order valence-electron chi connectivity index (χ1n) is 5.48. The fraction of sp³-hybridized carbons (Fsp3) is 0.417. The third-order valence-corrected chi connectivity index (χ3v) is 2.95. The molecule has 0 spiro atoms. The smallest absolute Gasteiger partial charge is 0.251 e. The number of halogens is 1. The van der Waals surface area contributed by atoms with Gasteiger partial charge in [-0.05, 0) is 31.0 Å². The average Bonchev–Trinajstić information content (AvgIpc) is 2.32. The summed E-state index contributed by atoms with van der Waals surface area (Å²) in [5.41, 5.74) is 0.308. The van der Waals surface area contributed by atoms with Gasteiger partial charge in [0.15, 0.2) is 11.5 Å². The number of amides is 1. The lowest BCUT2D eigenvalue weighted by molar-refractivity contribution is 0.0952. The molecule has 1 amide bonds. The Labute approximate surface area is 105 Å². The Balaban J connectivity index is 2.50. The van der Waals surface area contributed by atoms with Crippen molar-refractivity contribution in [2.75, 3.05) is 6.54 Å². The molecule has 0 saturated carbocycles. The summed E-state index contributed by atoms with van der Waals surface area (Å²) in [5, 5.41) is 21.1.